The van der Waals surface area contributed by atoms with Crippen LogP contribution in [-0.2, 0) is 23.9 Å². The van der Waals surface area contributed by atoms with Crippen molar-refractivity contribution >= 4 is 40.9 Å². The van der Waals surface area contributed by atoms with Gasteiger partial charge in [0.15, 0.2) is 18.1 Å². The van der Waals surface area contributed by atoms with E-state index < -0.39 is 29.6 Å². The molecule has 0 aromatic heterocycles. The van der Waals surface area contributed by atoms with Gasteiger partial charge in [0.05, 0.1) is 25.2 Å². The maximum Gasteiger partial charge on any atom is 0.344 e. The normalized spacial score (nSPS) is 14.9. The van der Waals surface area contributed by atoms with Crippen molar-refractivity contribution in [1.29, 1.82) is 0 Å². The molecule has 0 N–H and O–H groups in total. The number of imide groups is 1. The molecule has 9 nitrogen and oxygen atoms in total. The molecular weight excluding hydrogens is 402 g/mol. The minimum Gasteiger partial charge on any atom is -0.493 e. The van der Waals surface area contributed by atoms with Crippen molar-refractivity contribution in [3.05, 3.63) is 28.7 Å². The van der Waals surface area contributed by atoms with Crippen LogP contribution < -0.4 is 9.47 Å². The predicted octanol–water partition coefficient (Wildman–Crippen LogP) is 2.24. The second-order valence-corrected chi connectivity index (χ2v) is 6.57. The average molecular weight is 423 g/mol. The SMILES string of the molecule is CCOC(=O)COc1cc(/C=C2\SC(=O)N(CC(=O)OCC)C2=O)ccc1OC. The second kappa shape index (κ2) is 10.5. The van der Waals surface area contributed by atoms with Crippen molar-refractivity contribution in [3.8, 4) is 11.5 Å². The number of carbonyl (C=O) groups is 4. The zero-order chi connectivity index (χ0) is 21.4. The van der Waals surface area contributed by atoms with Crippen LogP contribution in [0.15, 0.2) is 23.1 Å². The van der Waals surface area contributed by atoms with E-state index >= 15 is 0 Å². The van der Waals surface area contributed by atoms with E-state index in [0.29, 0.717) is 11.3 Å². The molecule has 2 amide bonds. The predicted molar refractivity (Wildman–Crippen MR) is 104 cm³/mol. The molecule has 156 valence electrons. The summed E-state index contributed by atoms with van der Waals surface area (Å²) < 4.78 is 20.2. The largest absolute Gasteiger partial charge is 0.493 e. The molecule has 0 aliphatic carbocycles. The summed E-state index contributed by atoms with van der Waals surface area (Å²) in [6, 6.07) is 4.84. The molecular formula is C19H21NO8S. The highest BCUT2D eigenvalue weighted by molar-refractivity contribution is 8.18. The Hall–Kier alpha value is -3.01. The van der Waals surface area contributed by atoms with Gasteiger partial charge in [0.1, 0.15) is 6.54 Å². The first-order chi connectivity index (χ1) is 13.9. The van der Waals surface area contributed by atoms with Crippen LogP contribution in [-0.4, -0.2) is 61.5 Å². The third kappa shape index (κ3) is 5.98. The number of amides is 2. The molecule has 1 aliphatic rings. The Labute approximate surface area is 171 Å². The van der Waals surface area contributed by atoms with E-state index in [1.807, 2.05) is 0 Å². The van der Waals surface area contributed by atoms with Crippen LogP contribution in [0.25, 0.3) is 6.08 Å². The zero-order valence-electron chi connectivity index (χ0n) is 16.3. The van der Waals surface area contributed by atoms with Gasteiger partial charge in [-0.15, -0.1) is 0 Å². The molecule has 0 unspecified atom stereocenters. The summed E-state index contributed by atoms with van der Waals surface area (Å²) in [7, 11) is 1.45. The van der Waals surface area contributed by atoms with Crippen molar-refractivity contribution in [1.82, 2.24) is 4.90 Å². The van der Waals surface area contributed by atoms with E-state index in [1.165, 1.54) is 13.2 Å². The lowest BCUT2D eigenvalue weighted by atomic mass is 10.2. The lowest BCUT2D eigenvalue weighted by molar-refractivity contribution is -0.146. The third-order valence-electron chi connectivity index (χ3n) is 3.60. The first kappa shape index (κ1) is 22.3. The van der Waals surface area contributed by atoms with E-state index in [-0.39, 0.29) is 30.5 Å². The van der Waals surface area contributed by atoms with Crippen molar-refractivity contribution in [2.24, 2.45) is 0 Å². The van der Waals surface area contributed by atoms with E-state index in [2.05, 4.69) is 0 Å². The monoisotopic (exact) mass is 423 g/mol. The highest BCUT2D eigenvalue weighted by Gasteiger charge is 2.36. The Morgan fingerprint density at radius 1 is 1.07 bits per heavy atom. The number of esters is 2. The summed E-state index contributed by atoms with van der Waals surface area (Å²) in [5.74, 6) is -1.10. The van der Waals surface area contributed by atoms with Crippen molar-refractivity contribution < 1.29 is 38.1 Å². The smallest absolute Gasteiger partial charge is 0.344 e. The van der Waals surface area contributed by atoms with Gasteiger partial charge in [0, 0.05) is 0 Å². The quantitative estimate of drug-likeness (QED) is 0.436. The van der Waals surface area contributed by atoms with Crippen molar-refractivity contribution in [2.75, 3.05) is 33.5 Å². The standard InChI is InChI=1S/C19H21NO8S/c1-4-26-16(21)10-20-18(23)15(29-19(20)24)9-12-6-7-13(25-3)14(8-12)28-11-17(22)27-5-2/h6-9H,4-5,10-11H2,1-3H3/b15-9-. The lowest BCUT2D eigenvalue weighted by Crippen LogP contribution is -2.34. The molecule has 1 aromatic rings. The number of carbonyl (C=O) groups excluding carboxylic acids is 4. The van der Waals surface area contributed by atoms with Crippen LogP contribution in [0.3, 0.4) is 0 Å². The number of thioether (sulfide) groups is 1. The van der Waals surface area contributed by atoms with E-state index in [0.717, 1.165) is 16.7 Å². The molecule has 0 spiro atoms. The van der Waals surface area contributed by atoms with Gasteiger partial charge in [-0.25, -0.2) is 4.79 Å². The fourth-order valence-corrected chi connectivity index (χ4v) is 3.20. The van der Waals surface area contributed by atoms with Gasteiger partial charge in [0.25, 0.3) is 11.1 Å². The molecule has 0 atom stereocenters. The van der Waals surface area contributed by atoms with E-state index in [1.54, 1.807) is 32.0 Å². The first-order valence-corrected chi connectivity index (χ1v) is 9.58. The molecule has 1 aliphatic heterocycles. The van der Waals surface area contributed by atoms with Gasteiger partial charge < -0.3 is 18.9 Å². The number of hydrogen-bond donors (Lipinski definition) is 0. The topological polar surface area (TPSA) is 108 Å². The van der Waals surface area contributed by atoms with Crippen LogP contribution in [0.4, 0.5) is 4.79 Å². The number of hydrogen-bond acceptors (Lipinski definition) is 9. The van der Waals surface area contributed by atoms with E-state index in [9.17, 15) is 19.2 Å². The number of benzene rings is 1. The number of rotatable bonds is 9. The minimum atomic E-state index is -0.657. The second-order valence-electron chi connectivity index (χ2n) is 5.58. The molecule has 2 rings (SSSR count). The Bertz CT molecular complexity index is 835. The number of nitrogens with zero attached hydrogens (tertiary/aromatic N) is 1. The van der Waals surface area contributed by atoms with Crippen LogP contribution in [0.5, 0.6) is 11.5 Å². The molecule has 10 heteroatoms. The third-order valence-corrected chi connectivity index (χ3v) is 4.51. The fraction of sp³-hybridized carbons (Fsp3) is 0.368. The number of ether oxygens (including phenoxy) is 4. The van der Waals surface area contributed by atoms with Gasteiger partial charge in [-0.3, -0.25) is 19.3 Å². The summed E-state index contributed by atoms with van der Waals surface area (Å²) in [5.41, 5.74) is 0.547. The van der Waals surface area contributed by atoms with Crippen LogP contribution in [0.2, 0.25) is 0 Å². The fourth-order valence-electron chi connectivity index (χ4n) is 2.36. The Kier molecular flexibility index (Phi) is 8.08. The lowest BCUT2D eigenvalue weighted by Gasteiger charge is -2.11. The molecule has 1 aromatic carbocycles. The summed E-state index contributed by atoms with van der Waals surface area (Å²) in [5, 5.41) is -0.554. The van der Waals surface area contributed by atoms with Gasteiger partial charge in [-0.2, -0.15) is 0 Å². The van der Waals surface area contributed by atoms with Gasteiger partial charge >= 0.3 is 11.9 Å². The Balaban J connectivity index is 2.17. The van der Waals surface area contributed by atoms with Gasteiger partial charge in [0.2, 0.25) is 0 Å². The van der Waals surface area contributed by atoms with Gasteiger partial charge in [-0.05, 0) is 49.4 Å². The maximum atomic E-state index is 12.4. The van der Waals surface area contributed by atoms with Gasteiger partial charge in [-0.1, -0.05) is 6.07 Å². The average Bonchev–Trinajstić information content (AvgIpc) is 2.94. The summed E-state index contributed by atoms with van der Waals surface area (Å²) in [6.45, 7) is 2.98. The Morgan fingerprint density at radius 3 is 2.41 bits per heavy atom. The molecule has 0 bridgehead atoms. The molecule has 1 saturated heterocycles. The molecule has 29 heavy (non-hydrogen) atoms. The van der Waals surface area contributed by atoms with Crippen molar-refractivity contribution in [2.45, 2.75) is 13.8 Å². The summed E-state index contributed by atoms with van der Waals surface area (Å²) in [4.78, 5) is 48.6. The first-order valence-electron chi connectivity index (χ1n) is 8.77. The van der Waals surface area contributed by atoms with E-state index in [4.69, 9.17) is 18.9 Å². The molecule has 1 fully saturated rings. The highest BCUT2D eigenvalue weighted by Crippen LogP contribution is 2.34. The van der Waals surface area contributed by atoms with Crippen LogP contribution in [0.1, 0.15) is 19.4 Å². The number of methoxy groups -OCH3 is 1. The Morgan fingerprint density at radius 2 is 1.76 bits per heavy atom. The van der Waals surface area contributed by atoms with Crippen LogP contribution >= 0.6 is 11.8 Å². The molecule has 1 heterocycles. The zero-order valence-corrected chi connectivity index (χ0v) is 17.1. The minimum absolute atomic E-state index is 0.154. The molecule has 0 saturated carbocycles. The summed E-state index contributed by atoms with van der Waals surface area (Å²) in [6.07, 6.45) is 1.49. The van der Waals surface area contributed by atoms with Crippen molar-refractivity contribution in [3.63, 3.8) is 0 Å². The van der Waals surface area contributed by atoms with Crippen LogP contribution in [0, 0.1) is 0 Å². The molecule has 0 radical (unpaired) electrons. The highest BCUT2D eigenvalue weighted by atomic mass is 32.2. The maximum absolute atomic E-state index is 12.4. The summed E-state index contributed by atoms with van der Waals surface area (Å²) >= 11 is 0.722.